The summed E-state index contributed by atoms with van der Waals surface area (Å²) in [5, 5.41) is 20.2. The van der Waals surface area contributed by atoms with Gasteiger partial charge in [-0.05, 0) is 19.1 Å². The first kappa shape index (κ1) is 16.4. The Morgan fingerprint density at radius 3 is 2.71 bits per heavy atom. The first-order valence-electron chi connectivity index (χ1n) is 6.95. The van der Waals surface area contributed by atoms with Gasteiger partial charge in [-0.25, -0.2) is 4.98 Å². The zero-order valence-corrected chi connectivity index (χ0v) is 14.3. The fourth-order valence-electron chi connectivity index (χ4n) is 2.02. The second-order valence-corrected chi connectivity index (χ2v) is 6.12. The number of anilines is 1. The predicted octanol–water partition coefficient (Wildman–Crippen LogP) is 3.49. The maximum Gasteiger partial charge on any atom is 0.269 e. The third kappa shape index (κ3) is 3.54. The first-order chi connectivity index (χ1) is 11.6. The molecular weight excluding hydrogens is 350 g/mol. The second kappa shape index (κ2) is 6.97. The fraction of sp³-hybridized carbons (Fsp3) is 0.214. The molecule has 0 radical (unpaired) electrons. The Bertz CT molecular complexity index is 846. The van der Waals surface area contributed by atoms with Crippen molar-refractivity contribution >= 4 is 34.8 Å². The van der Waals surface area contributed by atoms with Gasteiger partial charge in [0.25, 0.3) is 5.69 Å². The maximum atomic E-state index is 10.7. The zero-order chi connectivity index (χ0) is 17.1. The van der Waals surface area contributed by atoms with Crippen LogP contribution in [0.15, 0.2) is 34.2 Å². The molecule has 0 bridgehead atoms. The molecule has 0 aliphatic carbocycles. The molecule has 3 rings (SSSR count). The third-order valence-electron chi connectivity index (χ3n) is 3.20. The number of nitrogens with zero attached hydrogens (tertiary/aromatic N) is 4. The Labute approximate surface area is 146 Å². The summed E-state index contributed by atoms with van der Waals surface area (Å²) in [5.41, 5.74) is 1.59. The SMILES string of the molecule is Cc1noc([C@H](CS)Nc2nc(-c3ccc([N+](=O)[O-])cc3)cs2)n1. The summed E-state index contributed by atoms with van der Waals surface area (Å²) in [4.78, 5) is 19.0. The molecule has 0 aliphatic rings. The highest BCUT2D eigenvalue weighted by Crippen LogP contribution is 2.28. The highest BCUT2D eigenvalue weighted by Gasteiger charge is 2.18. The van der Waals surface area contributed by atoms with Crippen LogP contribution in [0.2, 0.25) is 0 Å². The molecule has 0 fully saturated rings. The van der Waals surface area contributed by atoms with Gasteiger partial charge in [-0.2, -0.15) is 17.6 Å². The minimum Gasteiger partial charge on any atom is -0.349 e. The summed E-state index contributed by atoms with van der Waals surface area (Å²) >= 11 is 5.72. The van der Waals surface area contributed by atoms with Crippen molar-refractivity contribution in [3.8, 4) is 11.3 Å². The number of nitrogens with one attached hydrogen (secondary N) is 1. The molecule has 0 unspecified atom stereocenters. The minimum atomic E-state index is -0.429. The highest BCUT2D eigenvalue weighted by molar-refractivity contribution is 7.80. The van der Waals surface area contributed by atoms with Crippen LogP contribution in [0.25, 0.3) is 11.3 Å². The van der Waals surface area contributed by atoms with E-state index >= 15 is 0 Å². The van der Waals surface area contributed by atoms with Gasteiger partial charge >= 0.3 is 0 Å². The molecule has 0 saturated heterocycles. The third-order valence-corrected chi connectivity index (χ3v) is 4.34. The van der Waals surface area contributed by atoms with Gasteiger partial charge in [0.05, 0.1) is 10.6 Å². The number of hydrogen-bond donors (Lipinski definition) is 2. The normalized spacial score (nSPS) is 12.1. The fourth-order valence-corrected chi connectivity index (χ4v) is 3.04. The first-order valence-corrected chi connectivity index (χ1v) is 8.46. The largest absolute Gasteiger partial charge is 0.349 e. The van der Waals surface area contributed by atoms with Crippen LogP contribution in [0.5, 0.6) is 0 Å². The summed E-state index contributed by atoms with van der Waals surface area (Å²) in [5.74, 6) is 1.48. The summed E-state index contributed by atoms with van der Waals surface area (Å²) in [7, 11) is 0. The van der Waals surface area contributed by atoms with Crippen LogP contribution >= 0.6 is 24.0 Å². The number of benzene rings is 1. The number of thiazole rings is 1. The van der Waals surface area contributed by atoms with E-state index in [1.54, 1.807) is 19.1 Å². The van der Waals surface area contributed by atoms with Crippen molar-refractivity contribution in [2.24, 2.45) is 0 Å². The Kier molecular flexibility index (Phi) is 4.76. The van der Waals surface area contributed by atoms with Crippen molar-refractivity contribution in [2.45, 2.75) is 13.0 Å². The second-order valence-electron chi connectivity index (χ2n) is 4.90. The van der Waals surface area contributed by atoms with Crippen molar-refractivity contribution in [2.75, 3.05) is 11.1 Å². The van der Waals surface area contributed by atoms with Crippen molar-refractivity contribution in [3.63, 3.8) is 0 Å². The highest BCUT2D eigenvalue weighted by atomic mass is 32.1. The predicted molar refractivity (Wildman–Crippen MR) is 93.5 cm³/mol. The van der Waals surface area contributed by atoms with Gasteiger partial charge in [-0.3, -0.25) is 10.1 Å². The lowest BCUT2D eigenvalue weighted by molar-refractivity contribution is -0.384. The van der Waals surface area contributed by atoms with Crippen LogP contribution in [-0.4, -0.2) is 25.8 Å². The standard InChI is InChI=1S/C14H13N5O3S2/c1-8-15-13(22-18-8)11(6-23)16-14-17-12(7-24-14)9-2-4-10(5-3-9)19(20)21/h2-5,7,11,23H,6H2,1H3,(H,16,17)/t11-/m0/s1. The molecule has 0 aliphatic heterocycles. The average Bonchev–Trinajstić information content (AvgIpc) is 3.21. The van der Waals surface area contributed by atoms with E-state index in [1.165, 1.54) is 23.5 Å². The van der Waals surface area contributed by atoms with E-state index in [0.717, 1.165) is 11.3 Å². The van der Waals surface area contributed by atoms with Gasteiger partial charge in [-0.15, -0.1) is 11.3 Å². The number of nitro groups is 1. The molecule has 124 valence electrons. The van der Waals surface area contributed by atoms with Gasteiger partial charge in [0.15, 0.2) is 11.0 Å². The van der Waals surface area contributed by atoms with Crippen LogP contribution < -0.4 is 5.32 Å². The van der Waals surface area contributed by atoms with Crippen LogP contribution in [0.3, 0.4) is 0 Å². The van der Waals surface area contributed by atoms with Crippen molar-refractivity contribution in [1.29, 1.82) is 0 Å². The molecule has 2 heterocycles. The molecule has 3 aromatic rings. The molecule has 0 spiro atoms. The molecule has 1 atom stereocenters. The smallest absolute Gasteiger partial charge is 0.269 e. The van der Waals surface area contributed by atoms with E-state index in [9.17, 15) is 10.1 Å². The summed E-state index contributed by atoms with van der Waals surface area (Å²) in [6.45, 7) is 1.75. The monoisotopic (exact) mass is 363 g/mol. The molecule has 1 N–H and O–H groups in total. The van der Waals surface area contributed by atoms with Crippen LogP contribution in [0.4, 0.5) is 10.8 Å². The van der Waals surface area contributed by atoms with E-state index < -0.39 is 4.92 Å². The minimum absolute atomic E-state index is 0.0502. The summed E-state index contributed by atoms with van der Waals surface area (Å²) in [6, 6.07) is 6.02. The van der Waals surface area contributed by atoms with Crippen LogP contribution in [0, 0.1) is 17.0 Å². The maximum absolute atomic E-state index is 10.7. The van der Waals surface area contributed by atoms with Gasteiger partial charge in [0.2, 0.25) is 5.89 Å². The lowest BCUT2D eigenvalue weighted by atomic mass is 10.1. The van der Waals surface area contributed by atoms with Crippen molar-refractivity contribution in [3.05, 3.63) is 51.5 Å². The number of rotatable bonds is 6. The van der Waals surface area contributed by atoms with E-state index in [1.807, 2.05) is 5.38 Å². The average molecular weight is 363 g/mol. The van der Waals surface area contributed by atoms with E-state index in [-0.39, 0.29) is 11.7 Å². The number of aryl methyl sites for hydroxylation is 1. The van der Waals surface area contributed by atoms with Gasteiger partial charge in [0, 0.05) is 28.8 Å². The van der Waals surface area contributed by atoms with Gasteiger partial charge < -0.3 is 9.84 Å². The van der Waals surface area contributed by atoms with E-state index in [4.69, 9.17) is 4.52 Å². The Hall–Kier alpha value is -2.46. The zero-order valence-electron chi connectivity index (χ0n) is 12.5. The van der Waals surface area contributed by atoms with Crippen LogP contribution in [-0.2, 0) is 0 Å². The number of hydrogen-bond acceptors (Lipinski definition) is 9. The Morgan fingerprint density at radius 2 is 2.12 bits per heavy atom. The quantitative estimate of drug-likeness (QED) is 0.392. The van der Waals surface area contributed by atoms with E-state index in [2.05, 4.69) is 33.1 Å². The van der Waals surface area contributed by atoms with Crippen molar-refractivity contribution in [1.82, 2.24) is 15.1 Å². The molecule has 2 aromatic heterocycles. The Morgan fingerprint density at radius 1 is 1.38 bits per heavy atom. The molecule has 8 nitrogen and oxygen atoms in total. The number of thiol groups is 1. The molecule has 24 heavy (non-hydrogen) atoms. The number of aromatic nitrogens is 3. The molecule has 10 heteroatoms. The molecule has 1 aromatic carbocycles. The lowest BCUT2D eigenvalue weighted by Gasteiger charge is -2.10. The number of nitro benzene ring substituents is 1. The Balaban J connectivity index is 1.76. The summed E-state index contributed by atoms with van der Waals surface area (Å²) in [6.07, 6.45) is 0. The molecule has 0 saturated carbocycles. The van der Waals surface area contributed by atoms with E-state index in [0.29, 0.717) is 22.6 Å². The topological polar surface area (TPSA) is 107 Å². The number of non-ortho nitro benzene ring substituents is 1. The lowest BCUT2D eigenvalue weighted by Crippen LogP contribution is -2.12. The van der Waals surface area contributed by atoms with Crippen LogP contribution in [0.1, 0.15) is 17.8 Å². The molecular formula is C14H13N5O3S2. The van der Waals surface area contributed by atoms with Crippen molar-refractivity contribution < 1.29 is 9.45 Å². The van der Waals surface area contributed by atoms with Gasteiger partial charge in [-0.1, -0.05) is 5.16 Å². The molecule has 0 amide bonds. The van der Waals surface area contributed by atoms with Gasteiger partial charge in [0.1, 0.15) is 6.04 Å². The summed E-state index contributed by atoms with van der Waals surface area (Å²) < 4.78 is 5.16.